The van der Waals surface area contributed by atoms with Crippen LogP contribution in [0.1, 0.15) is 31.1 Å². The standard InChI is InChI=1S/C19H24N2O4/c1-12(22)13-4-6-14(7-5-13)20-8-10-21(11-9-20)17(23)15-16(18(24)25)19(15,2)3/h4-7,15-16H,8-11H2,1-3H3,(H,24,25). The lowest BCUT2D eigenvalue weighted by Crippen LogP contribution is -2.49. The molecule has 1 aliphatic carbocycles. The van der Waals surface area contributed by atoms with E-state index in [1.165, 1.54) is 0 Å². The number of anilines is 1. The van der Waals surface area contributed by atoms with Gasteiger partial charge in [0.2, 0.25) is 5.91 Å². The van der Waals surface area contributed by atoms with Crippen molar-refractivity contribution in [3.05, 3.63) is 29.8 Å². The van der Waals surface area contributed by atoms with Gasteiger partial charge in [0, 0.05) is 37.4 Å². The molecule has 6 nitrogen and oxygen atoms in total. The Morgan fingerprint density at radius 3 is 2.00 bits per heavy atom. The third-order valence-electron chi connectivity index (χ3n) is 5.59. The molecule has 1 amide bonds. The quantitative estimate of drug-likeness (QED) is 0.844. The van der Waals surface area contributed by atoms with E-state index < -0.39 is 23.2 Å². The average molecular weight is 344 g/mol. The van der Waals surface area contributed by atoms with Gasteiger partial charge < -0.3 is 14.9 Å². The molecule has 1 N–H and O–H groups in total. The molecule has 0 bridgehead atoms. The Morgan fingerprint density at radius 1 is 1.00 bits per heavy atom. The van der Waals surface area contributed by atoms with E-state index in [-0.39, 0.29) is 11.7 Å². The molecule has 2 atom stereocenters. The predicted molar refractivity (Wildman–Crippen MR) is 93.6 cm³/mol. The number of hydrogen-bond donors (Lipinski definition) is 1. The minimum Gasteiger partial charge on any atom is -0.481 e. The summed E-state index contributed by atoms with van der Waals surface area (Å²) in [6.07, 6.45) is 0. The first-order valence-corrected chi connectivity index (χ1v) is 8.61. The van der Waals surface area contributed by atoms with Gasteiger partial charge in [-0.05, 0) is 36.6 Å². The third-order valence-corrected chi connectivity index (χ3v) is 5.59. The molecule has 3 rings (SSSR count). The highest BCUT2D eigenvalue weighted by Gasteiger charge is 2.66. The molecule has 1 aromatic rings. The maximum absolute atomic E-state index is 12.7. The van der Waals surface area contributed by atoms with E-state index in [0.29, 0.717) is 31.7 Å². The van der Waals surface area contributed by atoms with Gasteiger partial charge >= 0.3 is 5.97 Å². The molecule has 2 aliphatic rings. The van der Waals surface area contributed by atoms with E-state index in [1.807, 2.05) is 38.1 Å². The van der Waals surface area contributed by atoms with Crippen LogP contribution in [0.3, 0.4) is 0 Å². The lowest BCUT2D eigenvalue weighted by Gasteiger charge is -2.36. The summed E-state index contributed by atoms with van der Waals surface area (Å²) in [5, 5.41) is 9.26. The van der Waals surface area contributed by atoms with Crippen molar-refractivity contribution in [1.29, 1.82) is 0 Å². The fourth-order valence-corrected chi connectivity index (χ4v) is 3.85. The van der Waals surface area contributed by atoms with Gasteiger partial charge in [-0.2, -0.15) is 0 Å². The van der Waals surface area contributed by atoms with Gasteiger partial charge in [-0.25, -0.2) is 0 Å². The van der Waals surface area contributed by atoms with Crippen molar-refractivity contribution >= 4 is 23.3 Å². The molecule has 2 fully saturated rings. The van der Waals surface area contributed by atoms with E-state index in [1.54, 1.807) is 11.8 Å². The fourth-order valence-electron chi connectivity index (χ4n) is 3.85. The van der Waals surface area contributed by atoms with Crippen LogP contribution in [0.4, 0.5) is 5.69 Å². The van der Waals surface area contributed by atoms with Crippen LogP contribution in [0.2, 0.25) is 0 Å². The van der Waals surface area contributed by atoms with Gasteiger partial charge in [0.1, 0.15) is 0 Å². The highest BCUT2D eigenvalue weighted by molar-refractivity contribution is 5.94. The van der Waals surface area contributed by atoms with Gasteiger partial charge in [0.15, 0.2) is 5.78 Å². The number of hydrogen-bond acceptors (Lipinski definition) is 4. The van der Waals surface area contributed by atoms with Gasteiger partial charge in [-0.15, -0.1) is 0 Å². The molecule has 0 aromatic heterocycles. The summed E-state index contributed by atoms with van der Waals surface area (Å²) >= 11 is 0. The smallest absolute Gasteiger partial charge is 0.307 e. The summed E-state index contributed by atoms with van der Waals surface area (Å²) in [5.74, 6) is -1.86. The van der Waals surface area contributed by atoms with E-state index in [2.05, 4.69) is 4.90 Å². The Kier molecular flexibility index (Phi) is 4.31. The molecule has 1 heterocycles. The summed E-state index contributed by atoms with van der Waals surface area (Å²) in [6, 6.07) is 7.50. The third kappa shape index (κ3) is 3.13. The largest absolute Gasteiger partial charge is 0.481 e. The van der Waals surface area contributed by atoms with Crippen molar-refractivity contribution in [3.63, 3.8) is 0 Å². The molecule has 1 saturated heterocycles. The molecule has 134 valence electrons. The molecular formula is C19H24N2O4. The van der Waals surface area contributed by atoms with Crippen LogP contribution in [-0.4, -0.2) is 53.8 Å². The van der Waals surface area contributed by atoms with Crippen LogP contribution >= 0.6 is 0 Å². The van der Waals surface area contributed by atoms with Crippen molar-refractivity contribution in [2.75, 3.05) is 31.1 Å². The number of nitrogens with zero attached hydrogens (tertiary/aromatic N) is 2. The number of piperazine rings is 1. The molecule has 0 spiro atoms. The highest BCUT2D eigenvalue weighted by Crippen LogP contribution is 2.59. The van der Waals surface area contributed by atoms with Gasteiger partial charge in [0.25, 0.3) is 0 Å². The van der Waals surface area contributed by atoms with E-state index in [0.717, 1.165) is 5.69 Å². The van der Waals surface area contributed by atoms with Crippen LogP contribution in [0.5, 0.6) is 0 Å². The fraction of sp³-hybridized carbons (Fsp3) is 0.526. The second-order valence-electron chi connectivity index (χ2n) is 7.53. The summed E-state index contributed by atoms with van der Waals surface area (Å²) < 4.78 is 0. The monoisotopic (exact) mass is 344 g/mol. The average Bonchev–Trinajstić information content (AvgIpc) is 3.17. The molecule has 25 heavy (non-hydrogen) atoms. The number of rotatable bonds is 4. The Morgan fingerprint density at radius 2 is 1.56 bits per heavy atom. The first-order valence-electron chi connectivity index (χ1n) is 8.61. The number of benzene rings is 1. The van der Waals surface area contributed by atoms with E-state index in [4.69, 9.17) is 0 Å². The van der Waals surface area contributed by atoms with Crippen LogP contribution in [-0.2, 0) is 9.59 Å². The normalized spacial score (nSPS) is 24.8. The Labute approximate surface area is 147 Å². The minimum atomic E-state index is -0.882. The molecule has 0 radical (unpaired) electrons. The zero-order valence-corrected chi connectivity index (χ0v) is 14.9. The van der Waals surface area contributed by atoms with Crippen molar-refractivity contribution in [2.45, 2.75) is 20.8 Å². The zero-order valence-electron chi connectivity index (χ0n) is 14.9. The molecule has 1 aromatic carbocycles. The van der Waals surface area contributed by atoms with E-state index in [9.17, 15) is 19.5 Å². The molecule has 1 saturated carbocycles. The summed E-state index contributed by atoms with van der Waals surface area (Å²) in [5.41, 5.74) is 1.27. The first kappa shape index (κ1) is 17.5. The van der Waals surface area contributed by atoms with Crippen molar-refractivity contribution in [1.82, 2.24) is 4.90 Å². The van der Waals surface area contributed by atoms with Crippen LogP contribution in [0.25, 0.3) is 0 Å². The Bertz CT molecular complexity index is 703. The number of carbonyl (C=O) groups excluding carboxylic acids is 2. The van der Waals surface area contributed by atoms with Gasteiger partial charge in [-0.3, -0.25) is 14.4 Å². The first-order chi connectivity index (χ1) is 11.7. The number of aliphatic carboxylic acids is 1. The second kappa shape index (κ2) is 6.17. The summed E-state index contributed by atoms with van der Waals surface area (Å²) in [4.78, 5) is 39.3. The van der Waals surface area contributed by atoms with Crippen LogP contribution in [0, 0.1) is 17.3 Å². The number of carboxylic acid groups (broad SMARTS) is 1. The molecule has 2 unspecified atom stereocenters. The number of ketones is 1. The van der Waals surface area contributed by atoms with Crippen LogP contribution < -0.4 is 4.90 Å². The SMILES string of the molecule is CC(=O)c1ccc(N2CCN(C(=O)C3C(C(=O)O)C3(C)C)CC2)cc1. The Balaban J connectivity index is 1.60. The minimum absolute atomic E-state index is 0.0380. The number of carbonyl (C=O) groups is 3. The number of amides is 1. The highest BCUT2D eigenvalue weighted by atomic mass is 16.4. The van der Waals surface area contributed by atoms with Crippen LogP contribution in [0.15, 0.2) is 24.3 Å². The summed E-state index contributed by atoms with van der Waals surface area (Å²) in [7, 11) is 0. The van der Waals surface area contributed by atoms with Crippen molar-refractivity contribution < 1.29 is 19.5 Å². The predicted octanol–water partition coefficient (Wildman–Crippen LogP) is 1.89. The van der Waals surface area contributed by atoms with Crippen molar-refractivity contribution in [3.8, 4) is 0 Å². The number of Topliss-reactive ketones (excluding diaryl/α,β-unsaturated/α-hetero) is 1. The Hall–Kier alpha value is -2.37. The molecule has 6 heteroatoms. The van der Waals surface area contributed by atoms with Gasteiger partial charge in [0.05, 0.1) is 11.8 Å². The summed E-state index contributed by atoms with van der Waals surface area (Å²) in [6.45, 7) is 7.83. The zero-order chi connectivity index (χ0) is 18.4. The lowest BCUT2D eigenvalue weighted by molar-refractivity contribution is -0.142. The van der Waals surface area contributed by atoms with Gasteiger partial charge in [-0.1, -0.05) is 13.8 Å². The topological polar surface area (TPSA) is 77.9 Å². The maximum atomic E-state index is 12.7. The second-order valence-corrected chi connectivity index (χ2v) is 7.53. The molecular weight excluding hydrogens is 320 g/mol. The maximum Gasteiger partial charge on any atom is 0.307 e. The molecule has 1 aliphatic heterocycles. The number of carboxylic acids is 1. The lowest BCUT2D eigenvalue weighted by atomic mass is 10.1. The van der Waals surface area contributed by atoms with Crippen molar-refractivity contribution in [2.24, 2.45) is 17.3 Å². The van der Waals surface area contributed by atoms with E-state index >= 15 is 0 Å².